The molecule has 0 atom stereocenters. The number of rotatable bonds is 5. The molecular weight excluding hydrogens is 186 g/mol. The van der Waals surface area contributed by atoms with Crippen molar-refractivity contribution in [3.63, 3.8) is 0 Å². The van der Waals surface area contributed by atoms with Gasteiger partial charge >= 0.3 is 0 Å². The van der Waals surface area contributed by atoms with Gasteiger partial charge in [0.25, 0.3) is 0 Å². The minimum absolute atomic E-state index is 0.542. The fourth-order valence-electron chi connectivity index (χ4n) is 1.54. The summed E-state index contributed by atoms with van der Waals surface area (Å²) in [5.41, 5.74) is 10.7. The number of benzene rings is 1. The van der Waals surface area contributed by atoms with Crippen LogP contribution in [0.15, 0.2) is 29.4 Å². The van der Waals surface area contributed by atoms with Gasteiger partial charge in [-0.05, 0) is 35.4 Å². The van der Waals surface area contributed by atoms with Crippen LogP contribution in [0.3, 0.4) is 0 Å². The van der Waals surface area contributed by atoms with E-state index in [4.69, 9.17) is 5.53 Å². The van der Waals surface area contributed by atoms with Crippen molar-refractivity contribution in [2.45, 2.75) is 26.7 Å². The summed E-state index contributed by atoms with van der Waals surface area (Å²) in [6, 6.07) is 8.55. The van der Waals surface area contributed by atoms with Crippen LogP contribution in [0.4, 0.5) is 0 Å². The number of nitrogens with zero attached hydrogens (tertiary/aromatic N) is 3. The van der Waals surface area contributed by atoms with Crippen LogP contribution < -0.4 is 0 Å². The van der Waals surface area contributed by atoms with Gasteiger partial charge in [0.15, 0.2) is 0 Å². The number of hydrogen-bond donors (Lipinski definition) is 0. The molecule has 0 spiro atoms. The molecule has 0 saturated carbocycles. The maximum absolute atomic E-state index is 8.15. The van der Waals surface area contributed by atoms with Crippen LogP contribution in [0, 0.1) is 5.92 Å². The van der Waals surface area contributed by atoms with Gasteiger partial charge in [0, 0.05) is 11.5 Å². The largest absolute Gasteiger partial charge is 0.0936 e. The first-order chi connectivity index (χ1) is 7.22. The molecule has 1 rings (SSSR count). The Labute approximate surface area is 90.8 Å². The van der Waals surface area contributed by atoms with Gasteiger partial charge in [0.2, 0.25) is 0 Å². The van der Waals surface area contributed by atoms with E-state index in [1.165, 1.54) is 11.1 Å². The molecule has 0 fully saturated rings. The van der Waals surface area contributed by atoms with E-state index in [9.17, 15) is 0 Å². The van der Waals surface area contributed by atoms with Crippen LogP contribution in [0.1, 0.15) is 25.0 Å². The van der Waals surface area contributed by atoms with E-state index in [2.05, 4.69) is 48.1 Å². The molecule has 0 N–H and O–H groups in total. The average Bonchev–Trinajstić information content (AvgIpc) is 2.20. The summed E-state index contributed by atoms with van der Waals surface area (Å²) in [6.07, 6.45) is 1.95. The quantitative estimate of drug-likeness (QED) is 0.397. The lowest BCUT2D eigenvalue weighted by Gasteiger charge is -2.05. The molecule has 0 bridgehead atoms. The summed E-state index contributed by atoms with van der Waals surface area (Å²) in [6.45, 7) is 4.98. The Morgan fingerprint density at radius 2 is 1.80 bits per heavy atom. The molecule has 3 nitrogen and oxygen atoms in total. The number of hydrogen-bond acceptors (Lipinski definition) is 1. The molecule has 0 aliphatic heterocycles. The molecule has 0 heterocycles. The van der Waals surface area contributed by atoms with Crippen molar-refractivity contribution >= 4 is 0 Å². The van der Waals surface area contributed by atoms with Gasteiger partial charge in [0.1, 0.15) is 0 Å². The number of azide groups is 1. The Morgan fingerprint density at radius 1 is 1.20 bits per heavy atom. The standard InChI is InChI=1S/C12H17N3/c1-10(2)9-12-5-3-11(4-6-12)7-8-14-15-13/h3-6,10H,7-9H2,1-2H3. The molecule has 0 unspecified atom stereocenters. The van der Waals surface area contributed by atoms with E-state index in [0.717, 1.165) is 12.8 Å². The Hall–Kier alpha value is -1.47. The van der Waals surface area contributed by atoms with Crippen LogP contribution in [0.2, 0.25) is 0 Å². The zero-order valence-corrected chi connectivity index (χ0v) is 9.35. The molecule has 0 aromatic heterocycles. The van der Waals surface area contributed by atoms with Crippen LogP contribution in [0.25, 0.3) is 10.4 Å². The van der Waals surface area contributed by atoms with Crippen LogP contribution in [-0.2, 0) is 12.8 Å². The molecule has 0 radical (unpaired) electrons. The second-order valence-electron chi connectivity index (χ2n) is 4.12. The molecular formula is C12H17N3. The van der Waals surface area contributed by atoms with E-state index < -0.39 is 0 Å². The Kier molecular flexibility index (Phi) is 4.72. The molecule has 0 saturated heterocycles. The van der Waals surface area contributed by atoms with Gasteiger partial charge in [0.05, 0.1) is 0 Å². The highest BCUT2D eigenvalue weighted by Gasteiger charge is 1.97. The predicted octanol–water partition coefficient (Wildman–Crippen LogP) is 3.74. The predicted molar refractivity (Wildman–Crippen MR) is 62.7 cm³/mol. The SMILES string of the molecule is CC(C)Cc1ccc(CCN=[N+]=[N-])cc1. The van der Waals surface area contributed by atoms with Crippen molar-refractivity contribution in [1.82, 2.24) is 0 Å². The summed E-state index contributed by atoms with van der Waals surface area (Å²) in [7, 11) is 0. The van der Waals surface area contributed by atoms with Crippen LogP contribution >= 0.6 is 0 Å². The normalized spacial score (nSPS) is 10.1. The lowest BCUT2D eigenvalue weighted by molar-refractivity contribution is 0.647. The highest BCUT2D eigenvalue weighted by molar-refractivity contribution is 5.23. The van der Waals surface area contributed by atoms with Gasteiger partial charge in [-0.2, -0.15) is 0 Å². The van der Waals surface area contributed by atoms with Crippen molar-refractivity contribution in [2.24, 2.45) is 11.0 Å². The molecule has 0 aliphatic carbocycles. The van der Waals surface area contributed by atoms with Crippen molar-refractivity contribution in [2.75, 3.05) is 6.54 Å². The molecule has 15 heavy (non-hydrogen) atoms. The average molecular weight is 203 g/mol. The molecule has 80 valence electrons. The van der Waals surface area contributed by atoms with E-state index in [1.54, 1.807) is 0 Å². The van der Waals surface area contributed by atoms with E-state index in [-0.39, 0.29) is 0 Å². The van der Waals surface area contributed by atoms with Gasteiger partial charge < -0.3 is 0 Å². The Morgan fingerprint density at radius 3 is 2.33 bits per heavy atom. The van der Waals surface area contributed by atoms with Gasteiger partial charge in [-0.15, -0.1) is 0 Å². The van der Waals surface area contributed by atoms with E-state index >= 15 is 0 Å². The first-order valence-corrected chi connectivity index (χ1v) is 5.31. The summed E-state index contributed by atoms with van der Waals surface area (Å²) >= 11 is 0. The molecule has 1 aromatic rings. The zero-order valence-electron chi connectivity index (χ0n) is 9.35. The lowest BCUT2D eigenvalue weighted by atomic mass is 10.0. The topological polar surface area (TPSA) is 48.8 Å². The zero-order chi connectivity index (χ0) is 11.1. The van der Waals surface area contributed by atoms with Crippen molar-refractivity contribution < 1.29 is 0 Å². The van der Waals surface area contributed by atoms with Gasteiger partial charge in [-0.1, -0.05) is 43.2 Å². The summed E-state index contributed by atoms with van der Waals surface area (Å²) in [5, 5.41) is 3.52. The minimum atomic E-state index is 0.542. The summed E-state index contributed by atoms with van der Waals surface area (Å²) in [4.78, 5) is 2.73. The Balaban J connectivity index is 2.52. The minimum Gasteiger partial charge on any atom is -0.0936 e. The van der Waals surface area contributed by atoms with Gasteiger partial charge in [-0.25, -0.2) is 0 Å². The molecule has 1 aromatic carbocycles. The highest BCUT2D eigenvalue weighted by Crippen LogP contribution is 2.10. The summed E-state index contributed by atoms with van der Waals surface area (Å²) in [5.74, 6) is 0.694. The molecule has 0 amide bonds. The third-order valence-electron chi connectivity index (χ3n) is 2.23. The van der Waals surface area contributed by atoms with Crippen molar-refractivity contribution in [3.8, 4) is 0 Å². The third kappa shape index (κ3) is 4.52. The second-order valence-corrected chi connectivity index (χ2v) is 4.12. The monoisotopic (exact) mass is 203 g/mol. The fraction of sp³-hybridized carbons (Fsp3) is 0.500. The first kappa shape index (κ1) is 11.6. The maximum Gasteiger partial charge on any atom is 0.0298 e. The fourth-order valence-corrected chi connectivity index (χ4v) is 1.54. The van der Waals surface area contributed by atoms with Crippen LogP contribution in [-0.4, -0.2) is 6.54 Å². The Bertz CT molecular complexity index is 334. The smallest absolute Gasteiger partial charge is 0.0298 e. The summed E-state index contributed by atoms with van der Waals surface area (Å²) < 4.78 is 0. The maximum atomic E-state index is 8.15. The second kappa shape index (κ2) is 6.10. The lowest BCUT2D eigenvalue weighted by Crippen LogP contribution is -1.95. The molecule has 3 heteroatoms. The van der Waals surface area contributed by atoms with Gasteiger partial charge in [-0.3, -0.25) is 0 Å². The molecule has 0 aliphatic rings. The first-order valence-electron chi connectivity index (χ1n) is 5.31. The van der Waals surface area contributed by atoms with Crippen molar-refractivity contribution in [3.05, 3.63) is 45.8 Å². The van der Waals surface area contributed by atoms with Crippen molar-refractivity contribution in [1.29, 1.82) is 0 Å². The van der Waals surface area contributed by atoms with E-state index in [0.29, 0.717) is 12.5 Å². The third-order valence-corrected chi connectivity index (χ3v) is 2.23. The van der Waals surface area contributed by atoms with E-state index in [1.807, 2.05) is 0 Å². The highest BCUT2D eigenvalue weighted by atomic mass is 15.1. The van der Waals surface area contributed by atoms with Crippen LogP contribution in [0.5, 0.6) is 0 Å².